The first-order valence-electron chi connectivity index (χ1n) is 11.8. The summed E-state index contributed by atoms with van der Waals surface area (Å²) in [5.41, 5.74) is 0.336. The van der Waals surface area contributed by atoms with Crippen LogP contribution in [-0.4, -0.2) is 49.1 Å². The van der Waals surface area contributed by atoms with Crippen molar-refractivity contribution in [3.05, 3.63) is 86.5 Å². The van der Waals surface area contributed by atoms with Crippen molar-refractivity contribution in [1.82, 2.24) is 0 Å². The number of methoxy groups -OCH3 is 3. The molecule has 206 valence electrons. The Morgan fingerprint density at radius 2 is 1.45 bits per heavy atom. The molecule has 2 saturated heterocycles. The molecule has 14 nitrogen and oxygen atoms in total. The predicted molar refractivity (Wildman–Crippen MR) is 138 cm³/mol. The summed E-state index contributed by atoms with van der Waals surface area (Å²) in [7, 11) is 4.26. The maximum Gasteiger partial charge on any atom is 0.271 e. The van der Waals surface area contributed by atoms with Crippen LogP contribution in [0, 0.1) is 26.1 Å². The zero-order valence-corrected chi connectivity index (χ0v) is 21.4. The number of hydrogen-bond acceptors (Lipinski definition) is 11. The summed E-state index contributed by atoms with van der Waals surface area (Å²) >= 11 is 0. The van der Waals surface area contributed by atoms with Gasteiger partial charge < -0.3 is 14.2 Å². The number of hydrogen-bond donors (Lipinski definition) is 0. The van der Waals surface area contributed by atoms with Crippen LogP contribution in [0.1, 0.15) is 11.6 Å². The normalized spacial score (nSPS) is 19.9. The van der Waals surface area contributed by atoms with Gasteiger partial charge in [-0.05, 0) is 30.3 Å². The van der Waals surface area contributed by atoms with E-state index in [1.54, 1.807) is 18.2 Å². The SMILES string of the molecule is COc1ccc([C@H]2[C@@H]3C(=O)N(c4ccc([N+](=O)[O-])cc4)C(=O)[C@H]3ON2c2cccc([N+](=O)[O-])c2)c(OC)c1OC. The van der Waals surface area contributed by atoms with Gasteiger partial charge in [0, 0.05) is 29.8 Å². The van der Waals surface area contributed by atoms with Crippen LogP contribution in [0.5, 0.6) is 17.2 Å². The summed E-state index contributed by atoms with van der Waals surface area (Å²) in [6, 6.07) is 12.8. The Kier molecular flexibility index (Phi) is 6.69. The molecule has 0 aromatic heterocycles. The van der Waals surface area contributed by atoms with Crippen molar-refractivity contribution >= 4 is 34.6 Å². The lowest BCUT2D eigenvalue weighted by Gasteiger charge is -2.30. The van der Waals surface area contributed by atoms with Crippen LogP contribution in [0.4, 0.5) is 22.7 Å². The largest absolute Gasteiger partial charge is 0.493 e. The number of nitrogens with zero attached hydrogens (tertiary/aromatic N) is 4. The van der Waals surface area contributed by atoms with E-state index < -0.39 is 39.7 Å². The number of nitro benzene ring substituents is 2. The van der Waals surface area contributed by atoms with Gasteiger partial charge in [-0.25, -0.2) is 9.96 Å². The number of nitro groups is 2. The van der Waals surface area contributed by atoms with Crippen molar-refractivity contribution in [1.29, 1.82) is 0 Å². The van der Waals surface area contributed by atoms with Gasteiger partial charge >= 0.3 is 0 Å². The summed E-state index contributed by atoms with van der Waals surface area (Å²) in [6.07, 6.45) is -1.30. The highest BCUT2D eigenvalue weighted by molar-refractivity contribution is 6.24. The summed E-state index contributed by atoms with van der Waals surface area (Å²) in [5, 5.41) is 23.8. The third-order valence-corrected chi connectivity index (χ3v) is 6.78. The van der Waals surface area contributed by atoms with E-state index in [1.165, 1.54) is 68.9 Å². The van der Waals surface area contributed by atoms with E-state index in [-0.39, 0.29) is 34.2 Å². The molecular formula is C26H22N4O10. The molecule has 3 aromatic rings. The maximum atomic E-state index is 13.9. The average Bonchev–Trinajstić information content (AvgIpc) is 3.47. The minimum atomic E-state index is -1.30. The van der Waals surface area contributed by atoms with E-state index >= 15 is 0 Å². The second-order valence-electron chi connectivity index (χ2n) is 8.81. The Balaban J connectivity index is 1.65. The first-order chi connectivity index (χ1) is 19.2. The molecule has 2 aliphatic heterocycles. The number of amides is 2. The van der Waals surface area contributed by atoms with Crippen molar-refractivity contribution in [2.45, 2.75) is 12.1 Å². The van der Waals surface area contributed by atoms with Crippen molar-refractivity contribution < 1.29 is 38.5 Å². The fraction of sp³-hybridized carbons (Fsp3) is 0.231. The zero-order valence-electron chi connectivity index (χ0n) is 21.4. The molecule has 3 aromatic carbocycles. The molecule has 2 amide bonds. The number of anilines is 2. The van der Waals surface area contributed by atoms with Gasteiger partial charge in [0.1, 0.15) is 12.0 Å². The number of imide groups is 1. The standard InChI is InChI=1S/C26H22N4O10/c1-37-19-12-11-18(22(38-2)23(19)39-3)21-20-24(40-28(21)16-5-4-6-17(13-16)30(35)36)26(32)27(25(20)31)14-7-9-15(10-8-14)29(33)34/h4-13,20-21,24H,1-3H3/t20-,21-,24-/m0/s1. The number of rotatable bonds is 8. The number of non-ortho nitro benzene ring substituents is 2. The van der Waals surface area contributed by atoms with E-state index in [9.17, 15) is 29.8 Å². The number of carbonyl (C=O) groups is 2. The molecule has 2 fully saturated rings. The van der Waals surface area contributed by atoms with Crippen molar-refractivity contribution in [3.63, 3.8) is 0 Å². The number of fused-ring (bicyclic) bond motifs is 1. The highest BCUT2D eigenvalue weighted by Gasteiger charge is 2.61. The second-order valence-corrected chi connectivity index (χ2v) is 8.81. The predicted octanol–water partition coefficient (Wildman–Crippen LogP) is 3.58. The lowest BCUT2D eigenvalue weighted by molar-refractivity contribution is -0.385. The summed E-state index contributed by atoms with van der Waals surface area (Å²) in [6.45, 7) is 0. The molecule has 0 aliphatic carbocycles. The minimum absolute atomic E-state index is 0.138. The van der Waals surface area contributed by atoms with E-state index in [4.69, 9.17) is 19.0 Å². The number of ether oxygens (including phenoxy) is 3. The van der Waals surface area contributed by atoms with Crippen LogP contribution < -0.4 is 24.2 Å². The minimum Gasteiger partial charge on any atom is -0.493 e. The van der Waals surface area contributed by atoms with Gasteiger partial charge in [-0.2, -0.15) is 0 Å². The van der Waals surface area contributed by atoms with Crippen LogP contribution in [0.3, 0.4) is 0 Å². The van der Waals surface area contributed by atoms with Gasteiger partial charge in [0.15, 0.2) is 17.6 Å². The maximum absolute atomic E-state index is 13.9. The molecule has 0 spiro atoms. The molecule has 14 heteroatoms. The Morgan fingerprint density at radius 1 is 0.775 bits per heavy atom. The Hall–Kier alpha value is -5.24. The Labute approximate surface area is 226 Å². The van der Waals surface area contributed by atoms with Crippen LogP contribution in [0.25, 0.3) is 0 Å². The van der Waals surface area contributed by atoms with Crippen molar-refractivity contribution in [3.8, 4) is 17.2 Å². The van der Waals surface area contributed by atoms with Gasteiger partial charge in [0.2, 0.25) is 11.7 Å². The first-order valence-corrected chi connectivity index (χ1v) is 11.8. The third kappa shape index (κ3) is 4.10. The smallest absolute Gasteiger partial charge is 0.271 e. The number of benzene rings is 3. The molecular weight excluding hydrogens is 528 g/mol. The topological polar surface area (TPSA) is 164 Å². The van der Waals surface area contributed by atoms with Gasteiger partial charge in [-0.3, -0.25) is 34.7 Å². The quantitative estimate of drug-likeness (QED) is 0.229. The van der Waals surface area contributed by atoms with Gasteiger partial charge in [0.05, 0.1) is 42.6 Å². The second kappa shape index (κ2) is 10.1. The number of carbonyl (C=O) groups excluding carboxylic acids is 2. The molecule has 2 aliphatic rings. The van der Waals surface area contributed by atoms with E-state index in [0.29, 0.717) is 11.3 Å². The van der Waals surface area contributed by atoms with E-state index in [1.807, 2.05) is 0 Å². The zero-order chi connectivity index (χ0) is 28.7. The first kappa shape index (κ1) is 26.4. The van der Waals surface area contributed by atoms with Crippen LogP contribution in [-0.2, 0) is 14.4 Å². The molecule has 0 radical (unpaired) electrons. The van der Waals surface area contributed by atoms with Crippen LogP contribution in [0.2, 0.25) is 0 Å². The van der Waals surface area contributed by atoms with Gasteiger partial charge in [-0.15, -0.1) is 0 Å². The highest BCUT2D eigenvalue weighted by Crippen LogP contribution is 2.52. The molecule has 3 atom stereocenters. The lowest BCUT2D eigenvalue weighted by Crippen LogP contribution is -2.37. The monoisotopic (exact) mass is 550 g/mol. The van der Waals surface area contributed by atoms with Gasteiger partial charge in [-0.1, -0.05) is 6.07 Å². The Bertz CT molecular complexity index is 1530. The van der Waals surface area contributed by atoms with Crippen molar-refractivity contribution in [2.24, 2.45) is 5.92 Å². The molecule has 0 saturated carbocycles. The number of hydroxylamine groups is 1. The fourth-order valence-corrected chi connectivity index (χ4v) is 5.03. The average molecular weight is 550 g/mol. The highest BCUT2D eigenvalue weighted by atomic mass is 16.7. The molecule has 0 unspecified atom stereocenters. The molecule has 40 heavy (non-hydrogen) atoms. The Morgan fingerprint density at radius 3 is 2.05 bits per heavy atom. The summed E-state index contributed by atoms with van der Waals surface area (Å²) < 4.78 is 16.5. The summed E-state index contributed by atoms with van der Waals surface area (Å²) in [5.74, 6) is -1.65. The third-order valence-electron chi connectivity index (χ3n) is 6.78. The fourth-order valence-electron chi connectivity index (χ4n) is 5.03. The lowest BCUT2D eigenvalue weighted by atomic mass is 9.89. The van der Waals surface area contributed by atoms with E-state index in [0.717, 1.165) is 4.90 Å². The molecule has 0 bridgehead atoms. The van der Waals surface area contributed by atoms with E-state index in [2.05, 4.69) is 0 Å². The molecule has 5 rings (SSSR count). The van der Waals surface area contributed by atoms with Crippen LogP contribution >= 0.6 is 0 Å². The van der Waals surface area contributed by atoms with Gasteiger partial charge in [0.25, 0.3) is 17.3 Å². The summed E-state index contributed by atoms with van der Waals surface area (Å²) in [4.78, 5) is 55.8. The van der Waals surface area contributed by atoms with Crippen LogP contribution in [0.15, 0.2) is 60.7 Å². The van der Waals surface area contributed by atoms with Crippen molar-refractivity contribution in [2.75, 3.05) is 31.3 Å². The molecule has 2 heterocycles. The molecule has 0 N–H and O–H groups in total.